The van der Waals surface area contributed by atoms with Crippen LogP contribution < -0.4 is 0 Å². The molecule has 0 heterocycles. The smallest absolute Gasteiger partial charge is 0.233 e. The van der Waals surface area contributed by atoms with Gasteiger partial charge in [0, 0.05) is 12.0 Å². The third-order valence-electron chi connectivity index (χ3n) is 2.53. The van der Waals surface area contributed by atoms with Crippen LogP contribution in [0.2, 0.25) is 0 Å². The second-order valence-corrected chi connectivity index (χ2v) is 3.61. The molecule has 76 valence electrons. The summed E-state index contributed by atoms with van der Waals surface area (Å²) >= 11 is 0. The van der Waals surface area contributed by atoms with Gasteiger partial charge >= 0.3 is 0 Å². The van der Waals surface area contributed by atoms with Gasteiger partial charge in [-0.3, -0.25) is 14.9 Å². The van der Waals surface area contributed by atoms with Crippen LogP contribution in [0.5, 0.6) is 0 Å². The van der Waals surface area contributed by atoms with Crippen molar-refractivity contribution in [1.29, 1.82) is 0 Å². The molecule has 1 aliphatic carbocycles. The van der Waals surface area contributed by atoms with Crippen molar-refractivity contribution in [3.8, 4) is 0 Å². The fraction of sp³-hybridized carbons (Fsp3) is 0.500. The van der Waals surface area contributed by atoms with E-state index in [4.69, 9.17) is 0 Å². The molecule has 0 aromatic carbocycles. The lowest BCUT2D eigenvalue weighted by atomic mass is 9.85. The first-order valence-corrected chi connectivity index (χ1v) is 4.52. The number of Topliss-reactive ketones (excluding diaryl/α,β-unsaturated/α-hetero) is 1. The van der Waals surface area contributed by atoms with Gasteiger partial charge in [0.15, 0.2) is 5.78 Å². The Hall–Kier alpha value is -1.45. The molecule has 0 aromatic heterocycles. The number of nitrogens with zero attached hydrogens (tertiary/aromatic N) is 1. The number of carbonyl (C=O) groups is 1. The molecule has 4 heteroatoms. The number of ketones is 1. The molecule has 0 saturated heterocycles. The Morgan fingerprint density at radius 2 is 2.36 bits per heavy atom. The van der Waals surface area contributed by atoms with Crippen LogP contribution in [0.1, 0.15) is 26.7 Å². The second-order valence-electron chi connectivity index (χ2n) is 3.61. The Bertz CT molecular complexity index is 328. The highest BCUT2D eigenvalue weighted by molar-refractivity contribution is 5.95. The second kappa shape index (κ2) is 4.17. The zero-order valence-corrected chi connectivity index (χ0v) is 8.32. The minimum Gasteiger partial charge on any atom is -0.295 e. The molecule has 0 bridgehead atoms. The molecule has 0 amide bonds. The van der Waals surface area contributed by atoms with Gasteiger partial charge in [0.05, 0.1) is 4.92 Å². The van der Waals surface area contributed by atoms with Crippen LogP contribution in [0.25, 0.3) is 0 Å². The van der Waals surface area contributed by atoms with E-state index in [9.17, 15) is 14.9 Å². The highest BCUT2D eigenvalue weighted by Gasteiger charge is 2.21. The average Bonchev–Trinajstić information content (AvgIpc) is 2.08. The molecule has 1 rings (SSSR count). The maximum absolute atomic E-state index is 11.3. The van der Waals surface area contributed by atoms with E-state index in [1.165, 1.54) is 0 Å². The molecule has 0 N–H and O–H groups in total. The van der Waals surface area contributed by atoms with Crippen molar-refractivity contribution in [2.24, 2.45) is 5.92 Å². The summed E-state index contributed by atoms with van der Waals surface area (Å²) in [5.74, 6) is 0.106. The van der Waals surface area contributed by atoms with Gasteiger partial charge < -0.3 is 0 Å². The molecule has 0 fully saturated rings. The lowest BCUT2D eigenvalue weighted by molar-refractivity contribution is -0.403. The van der Waals surface area contributed by atoms with Gasteiger partial charge in [-0.1, -0.05) is 6.08 Å². The Labute approximate surface area is 82.5 Å². The summed E-state index contributed by atoms with van der Waals surface area (Å²) in [5, 5.41) is 10.2. The van der Waals surface area contributed by atoms with Gasteiger partial charge in [0.1, 0.15) is 0 Å². The highest BCUT2D eigenvalue weighted by Crippen LogP contribution is 2.26. The normalized spacial score (nSPS) is 23.3. The summed E-state index contributed by atoms with van der Waals surface area (Å²) in [4.78, 5) is 21.1. The predicted octanol–water partition coefficient (Wildman–Crippen LogP) is 2.09. The first-order chi connectivity index (χ1) is 6.50. The zero-order valence-electron chi connectivity index (χ0n) is 8.32. The number of allylic oxidation sites excluding steroid dienone is 3. The van der Waals surface area contributed by atoms with Crippen LogP contribution in [0.4, 0.5) is 0 Å². The third-order valence-corrected chi connectivity index (χ3v) is 2.53. The molecular weight excluding hydrogens is 182 g/mol. The molecule has 0 radical (unpaired) electrons. The quantitative estimate of drug-likeness (QED) is 0.500. The van der Waals surface area contributed by atoms with E-state index in [-0.39, 0.29) is 11.7 Å². The lowest BCUT2D eigenvalue weighted by Gasteiger charge is -2.18. The van der Waals surface area contributed by atoms with E-state index in [1.54, 1.807) is 13.8 Å². The van der Waals surface area contributed by atoms with Crippen molar-refractivity contribution in [3.05, 3.63) is 33.5 Å². The zero-order chi connectivity index (χ0) is 10.7. The summed E-state index contributed by atoms with van der Waals surface area (Å²) in [7, 11) is 0. The van der Waals surface area contributed by atoms with Crippen molar-refractivity contribution in [3.63, 3.8) is 0 Å². The number of nitro groups is 1. The number of hydrogen-bond acceptors (Lipinski definition) is 3. The molecule has 0 saturated carbocycles. The minimum atomic E-state index is -0.467. The lowest BCUT2D eigenvalue weighted by Crippen LogP contribution is -2.15. The summed E-state index contributed by atoms with van der Waals surface area (Å²) in [5.41, 5.74) is 1.45. The average molecular weight is 195 g/mol. The van der Waals surface area contributed by atoms with E-state index in [0.717, 1.165) is 18.2 Å². The standard InChI is InChI=1S/C10H13NO3/c1-7-3-4-9(5-10(7)12)8(2)6-11(13)14/h3,6,9H,4-5H2,1-2H3/b8-6+/t9-/m1/s1. The molecule has 1 aliphatic rings. The van der Waals surface area contributed by atoms with Crippen molar-refractivity contribution < 1.29 is 9.72 Å². The largest absolute Gasteiger partial charge is 0.295 e. The van der Waals surface area contributed by atoms with Gasteiger partial charge in [0.2, 0.25) is 6.20 Å². The van der Waals surface area contributed by atoms with Crippen molar-refractivity contribution in [2.45, 2.75) is 26.7 Å². The molecule has 4 nitrogen and oxygen atoms in total. The van der Waals surface area contributed by atoms with E-state index in [1.807, 2.05) is 6.08 Å². The number of hydrogen-bond donors (Lipinski definition) is 0. The van der Waals surface area contributed by atoms with Crippen LogP contribution in [0, 0.1) is 16.0 Å². The van der Waals surface area contributed by atoms with Crippen LogP contribution in [0.15, 0.2) is 23.4 Å². The number of carbonyl (C=O) groups excluding carboxylic acids is 1. The van der Waals surface area contributed by atoms with E-state index < -0.39 is 4.92 Å². The summed E-state index contributed by atoms with van der Waals surface area (Å²) in [6, 6.07) is 0. The molecule has 0 aromatic rings. The number of rotatable bonds is 2. The fourth-order valence-electron chi connectivity index (χ4n) is 1.52. The van der Waals surface area contributed by atoms with Crippen molar-refractivity contribution in [1.82, 2.24) is 0 Å². The van der Waals surface area contributed by atoms with Crippen LogP contribution >= 0.6 is 0 Å². The molecule has 0 unspecified atom stereocenters. The summed E-state index contributed by atoms with van der Waals surface area (Å²) in [6.45, 7) is 3.49. The van der Waals surface area contributed by atoms with Gasteiger partial charge in [0.25, 0.3) is 0 Å². The Morgan fingerprint density at radius 1 is 1.71 bits per heavy atom. The highest BCUT2D eigenvalue weighted by atomic mass is 16.6. The van der Waals surface area contributed by atoms with Gasteiger partial charge in [-0.05, 0) is 31.8 Å². The van der Waals surface area contributed by atoms with E-state index in [0.29, 0.717) is 12.0 Å². The third kappa shape index (κ3) is 2.52. The molecule has 1 atom stereocenters. The van der Waals surface area contributed by atoms with Crippen LogP contribution in [-0.2, 0) is 4.79 Å². The molecule has 14 heavy (non-hydrogen) atoms. The maximum Gasteiger partial charge on any atom is 0.233 e. The summed E-state index contributed by atoms with van der Waals surface area (Å²) < 4.78 is 0. The maximum atomic E-state index is 11.3. The first kappa shape index (κ1) is 10.6. The Kier molecular flexibility index (Phi) is 3.17. The first-order valence-electron chi connectivity index (χ1n) is 4.52. The molecule has 0 spiro atoms. The van der Waals surface area contributed by atoms with E-state index >= 15 is 0 Å². The summed E-state index contributed by atoms with van der Waals surface area (Å²) in [6.07, 6.45) is 3.98. The van der Waals surface area contributed by atoms with E-state index in [2.05, 4.69) is 0 Å². The molecule has 0 aliphatic heterocycles. The van der Waals surface area contributed by atoms with Crippen molar-refractivity contribution in [2.75, 3.05) is 0 Å². The predicted molar refractivity (Wildman–Crippen MR) is 52.2 cm³/mol. The Balaban J connectivity index is 2.74. The van der Waals surface area contributed by atoms with Crippen LogP contribution in [-0.4, -0.2) is 10.7 Å². The van der Waals surface area contributed by atoms with Gasteiger partial charge in [-0.25, -0.2) is 0 Å². The topological polar surface area (TPSA) is 60.2 Å². The van der Waals surface area contributed by atoms with Gasteiger partial charge in [-0.15, -0.1) is 0 Å². The molecular formula is C10H13NO3. The monoisotopic (exact) mass is 195 g/mol. The van der Waals surface area contributed by atoms with Crippen LogP contribution in [0.3, 0.4) is 0 Å². The SMILES string of the molecule is CC1=CC[C@@H](/C(C)=C/[N+](=O)[O-])CC1=O. The fourth-order valence-corrected chi connectivity index (χ4v) is 1.52. The van der Waals surface area contributed by atoms with Gasteiger partial charge in [-0.2, -0.15) is 0 Å². The van der Waals surface area contributed by atoms with Crippen molar-refractivity contribution >= 4 is 5.78 Å². The minimum absolute atomic E-state index is 0.0107. The Morgan fingerprint density at radius 3 is 2.86 bits per heavy atom.